The molecule has 1 aliphatic heterocycles. The van der Waals surface area contributed by atoms with E-state index in [0.717, 1.165) is 0 Å². The Kier molecular flexibility index (Phi) is 2.09. The summed E-state index contributed by atoms with van der Waals surface area (Å²) in [5.74, 6) is -1.17. The number of hydrogen-bond acceptors (Lipinski definition) is 3. The Hall–Kier alpha value is -1.10. The Morgan fingerprint density at radius 1 is 1.82 bits per heavy atom. The lowest BCUT2D eigenvalue weighted by Gasteiger charge is -2.03. The van der Waals surface area contributed by atoms with E-state index in [2.05, 4.69) is 5.32 Å². The van der Waals surface area contributed by atoms with Gasteiger partial charge in [-0.2, -0.15) is 0 Å². The first-order valence-corrected chi connectivity index (χ1v) is 3.37. The lowest BCUT2D eigenvalue weighted by atomic mass is 10.1. The normalized spacial score (nSPS) is 30.1. The van der Waals surface area contributed by atoms with Crippen LogP contribution in [-0.2, 0) is 9.59 Å². The summed E-state index contributed by atoms with van der Waals surface area (Å²) in [7, 11) is 0. The van der Waals surface area contributed by atoms with Crippen LogP contribution in [0.4, 0.5) is 0 Å². The second-order valence-electron chi connectivity index (χ2n) is 2.65. The average Bonchev–Trinajstić information content (AvgIpc) is 2.10. The average molecular weight is 158 g/mol. The number of carboxylic acid groups (broad SMARTS) is 1. The van der Waals surface area contributed by atoms with Crippen molar-refractivity contribution in [3.63, 3.8) is 0 Å². The number of carbonyl (C=O) groups excluding carboxylic acids is 1. The van der Waals surface area contributed by atoms with Crippen molar-refractivity contribution in [2.45, 2.75) is 24.9 Å². The number of aliphatic carboxylic acids is 1. The summed E-state index contributed by atoms with van der Waals surface area (Å²) in [4.78, 5) is 20.9. The lowest BCUT2D eigenvalue weighted by Crippen LogP contribution is -2.31. The quantitative estimate of drug-likeness (QED) is 0.464. The molecule has 4 N–H and O–H groups in total. The van der Waals surface area contributed by atoms with E-state index in [4.69, 9.17) is 10.8 Å². The SMILES string of the molecule is N[C@H]1C[C@@H](CC(=O)O)NC1=O. The highest BCUT2D eigenvalue weighted by Gasteiger charge is 2.29. The first kappa shape index (κ1) is 8.00. The van der Waals surface area contributed by atoms with Crippen LogP contribution in [0.3, 0.4) is 0 Å². The number of nitrogens with two attached hydrogens (primary N) is 1. The zero-order chi connectivity index (χ0) is 8.43. The molecule has 1 fully saturated rings. The van der Waals surface area contributed by atoms with E-state index < -0.39 is 12.0 Å². The Bertz CT molecular complexity index is 190. The minimum atomic E-state index is -0.913. The third kappa shape index (κ3) is 1.91. The van der Waals surface area contributed by atoms with Crippen molar-refractivity contribution in [3.05, 3.63) is 0 Å². The maximum absolute atomic E-state index is 10.7. The van der Waals surface area contributed by atoms with Crippen LogP contribution < -0.4 is 11.1 Å². The smallest absolute Gasteiger partial charge is 0.305 e. The zero-order valence-corrected chi connectivity index (χ0v) is 5.91. The highest BCUT2D eigenvalue weighted by molar-refractivity contribution is 5.85. The fourth-order valence-corrected chi connectivity index (χ4v) is 1.13. The van der Waals surface area contributed by atoms with Gasteiger partial charge in [-0.05, 0) is 6.42 Å². The largest absolute Gasteiger partial charge is 0.481 e. The van der Waals surface area contributed by atoms with Gasteiger partial charge in [0, 0.05) is 6.04 Å². The van der Waals surface area contributed by atoms with Gasteiger partial charge in [0.2, 0.25) is 5.91 Å². The van der Waals surface area contributed by atoms with Gasteiger partial charge in [-0.15, -0.1) is 0 Å². The molecule has 0 saturated carbocycles. The molecule has 1 amide bonds. The summed E-state index contributed by atoms with van der Waals surface area (Å²) >= 11 is 0. The van der Waals surface area contributed by atoms with Gasteiger partial charge < -0.3 is 16.2 Å². The van der Waals surface area contributed by atoms with Gasteiger partial charge in [-0.1, -0.05) is 0 Å². The highest BCUT2D eigenvalue weighted by Crippen LogP contribution is 2.08. The molecule has 11 heavy (non-hydrogen) atoms. The Morgan fingerprint density at radius 3 is 2.82 bits per heavy atom. The number of rotatable bonds is 2. The predicted octanol–water partition coefficient (Wildman–Crippen LogP) is -1.32. The van der Waals surface area contributed by atoms with E-state index in [-0.39, 0.29) is 18.4 Å². The van der Waals surface area contributed by atoms with Crippen molar-refractivity contribution < 1.29 is 14.7 Å². The molecule has 2 atom stereocenters. The molecule has 1 heterocycles. The summed E-state index contributed by atoms with van der Waals surface area (Å²) in [5, 5.41) is 10.8. The fourth-order valence-electron chi connectivity index (χ4n) is 1.13. The van der Waals surface area contributed by atoms with Crippen molar-refractivity contribution in [2.75, 3.05) is 0 Å². The molecule has 0 aliphatic carbocycles. The molecule has 5 heteroatoms. The highest BCUT2D eigenvalue weighted by atomic mass is 16.4. The summed E-state index contributed by atoms with van der Waals surface area (Å²) in [5.41, 5.74) is 5.34. The van der Waals surface area contributed by atoms with E-state index in [9.17, 15) is 9.59 Å². The van der Waals surface area contributed by atoms with E-state index in [1.165, 1.54) is 0 Å². The third-order valence-electron chi connectivity index (χ3n) is 1.64. The molecular weight excluding hydrogens is 148 g/mol. The molecule has 0 unspecified atom stereocenters. The van der Waals surface area contributed by atoms with Crippen LogP contribution in [0.25, 0.3) is 0 Å². The van der Waals surface area contributed by atoms with E-state index >= 15 is 0 Å². The minimum Gasteiger partial charge on any atom is -0.481 e. The third-order valence-corrected chi connectivity index (χ3v) is 1.64. The molecule has 0 aromatic rings. The van der Waals surface area contributed by atoms with Gasteiger partial charge in [0.05, 0.1) is 12.5 Å². The van der Waals surface area contributed by atoms with Crippen LogP contribution in [0.1, 0.15) is 12.8 Å². The Labute approximate surface area is 63.6 Å². The van der Waals surface area contributed by atoms with Gasteiger partial charge in [0.25, 0.3) is 0 Å². The van der Waals surface area contributed by atoms with Crippen LogP contribution in [0.5, 0.6) is 0 Å². The van der Waals surface area contributed by atoms with Crippen LogP contribution in [-0.4, -0.2) is 29.1 Å². The first-order valence-electron chi connectivity index (χ1n) is 3.37. The molecular formula is C6H10N2O3. The molecule has 62 valence electrons. The Balaban J connectivity index is 2.41. The van der Waals surface area contributed by atoms with Gasteiger partial charge in [-0.3, -0.25) is 9.59 Å². The van der Waals surface area contributed by atoms with Crippen molar-refractivity contribution in [1.82, 2.24) is 5.32 Å². The van der Waals surface area contributed by atoms with Crippen molar-refractivity contribution in [3.8, 4) is 0 Å². The molecule has 0 aromatic heterocycles. The van der Waals surface area contributed by atoms with Gasteiger partial charge >= 0.3 is 5.97 Å². The number of hydrogen-bond donors (Lipinski definition) is 3. The summed E-state index contributed by atoms with van der Waals surface area (Å²) in [6, 6.07) is -0.811. The summed E-state index contributed by atoms with van der Waals surface area (Å²) in [6.07, 6.45) is 0.380. The van der Waals surface area contributed by atoms with Gasteiger partial charge in [0.15, 0.2) is 0 Å². The molecule has 0 aromatic carbocycles. The fraction of sp³-hybridized carbons (Fsp3) is 0.667. The van der Waals surface area contributed by atoms with Crippen molar-refractivity contribution in [2.24, 2.45) is 5.73 Å². The van der Waals surface area contributed by atoms with Gasteiger partial charge in [-0.25, -0.2) is 0 Å². The van der Waals surface area contributed by atoms with Crippen molar-refractivity contribution >= 4 is 11.9 Å². The number of carboxylic acids is 1. The van der Waals surface area contributed by atoms with Crippen LogP contribution >= 0.6 is 0 Å². The van der Waals surface area contributed by atoms with Gasteiger partial charge in [0.1, 0.15) is 0 Å². The minimum absolute atomic E-state index is 0.0422. The molecule has 0 bridgehead atoms. The molecule has 1 aliphatic rings. The van der Waals surface area contributed by atoms with Crippen LogP contribution in [0.2, 0.25) is 0 Å². The standard InChI is InChI=1S/C6H10N2O3/c7-4-1-3(2-5(9)10)8-6(4)11/h3-4H,1-2,7H2,(H,8,11)(H,9,10)/t3-,4-/m0/s1. The second kappa shape index (κ2) is 2.87. The monoisotopic (exact) mass is 158 g/mol. The molecule has 1 saturated heterocycles. The predicted molar refractivity (Wildman–Crippen MR) is 36.8 cm³/mol. The van der Waals surface area contributed by atoms with Crippen molar-refractivity contribution in [1.29, 1.82) is 0 Å². The van der Waals surface area contributed by atoms with Crippen LogP contribution in [0, 0.1) is 0 Å². The van der Waals surface area contributed by atoms with E-state index in [1.54, 1.807) is 0 Å². The van der Waals surface area contributed by atoms with Crippen LogP contribution in [0.15, 0.2) is 0 Å². The summed E-state index contributed by atoms with van der Waals surface area (Å²) in [6.45, 7) is 0. The van der Waals surface area contributed by atoms with E-state index in [0.29, 0.717) is 6.42 Å². The molecule has 0 spiro atoms. The number of amides is 1. The van der Waals surface area contributed by atoms with E-state index in [1.807, 2.05) is 0 Å². The second-order valence-corrected chi connectivity index (χ2v) is 2.65. The molecule has 5 nitrogen and oxygen atoms in total. The zero-order valence-electron chi connectivity index (χ0n) is 5.91. The summed E-state index contributed by atoms with van der Waals surface area (Å²) < 4.78 is 0. The Morgan fingerprint density at radius 2 is 2.45 bits per heavy atom. The maximum Gasteiger partial charge on any atom is 0.305 e. The first-order chi connectivity index (χ1) is 5.09. The topological polar surface area (TPSA) is 92.4 Å². The molecule has 1 rings (SSSR count). The maximum atomic E-state index is 10.7. The lowest BCUT2D eigenvalue weighted by molar-refractivity contribution is -0.137. The number of nitrogens with one attached hydrogen (secondary N) is 1. The number of carbonyl (C=O) groups is 2. The molecule has 0 radical (unpaired) electrons.